The van der Waals surface area contributed by atoms with E-state index in [1.165, 1.54) is 5.56 Å². The molecule has 0 atom stereocenters. The standard InChI is InChI=1S/C21H29BrN2O2.2ClH/c1-4-25-20-14-18(15-23-11-8-12-24(2)3)13-19(22)21(20)26-16-17-9-6-5-7-10-17;;/h5-7,9-10,13-14,23H,4,8,11-12,15-16H2,1-3H3;2*1H. The highest BCUT2D eigenvalue weighted by atomic mass is 79.9. The maximum Gasteiger partial charge on any atom is 0.175 e. The molecule has 0 aliphatic carbocycles. The molecule has 0 aliphatic heterocycles. The van der Waals surface area contributed by atoms with Crippen LogP contribution in [0, 0.1) is 0 Å². The molecule has 0 heterocycles. The van der Waals surface area contributed by atoms with Gasteiger partial charge in [0.25, 0.3) is 0 Å². The molecule has 0 fully saturated rings. The Labute approximate surface area is 189 Å². The van der Waals surface area contributed by atoms with Gasteiger partial charge in [-0.1, -0.05) is 30.3 Å². The molecule has 0 unspecified atom stereocenters. The third-order valence-corrected chi connectivity index (χ3v) is 4.47. The van der Waals surface area contributed by atoms with E-state index in [1.54, 1.807) is 0 Å². The largest absolute Gasteiger partial charge is 0.490 e. The summed E-state index contributed by atoms with van der Waals surface area (Å²) in [6.45, 7) is 6.00. The highest BCUT2D eigenvalue weighted by Gasteiger charge is 2.12. The first kappa shape index (κ1) is 27.0. The molecule has 28 heavy (non-hydrogen) atoms. The van der Waals surface area contributed by atoms with E-state index in [0.29, 0.717) is 13.2 Å². The van der Waals surface area contributed by atoms with Gasteiger partial charge in [0.15, 0.2) is 11.5 Å². The van der Waals surface area contributed by atoms with E-state index >= 15 is 0 Å². The molecule has 4 nitrogen and oxygen atoms in total. The van der Waals surface area contributed by atoms with Gasteiger partial charge in [-0.05, 0) is 79.7 Å². The zero-order chi connectivity index (χ0) is 18.8. The monoisotopic (exact) mass is 492 g/mol. The Hall–Kier alpha value is -0.980. The fraction of sp³-hybridized carbons (Fsp3) is 0.429. The SMILES string of the molecule is CCOc1cc(CNCCCN(C)C)cc(Br)c1OCc1ccccc1.Cl.Cl. The lowest BCUT2D eigenvalue weighted by Gasteiger charge is -2.16. The van der Waals surface area contributed by atoms with E-state index in [2.05, 4.69) is 64.5 Å². The Morgan fingerprint density at radius 1 is 1.00 bits per heavy atom. The van der Waals surface area contributed by atoms with Crippen LogP contribution < -0.4 is 14.8 Å². The lowest BCUT2D eigenvalue weighted by atomic mass is 10.2. The Morgan fingerprint density at radius 2 is 1.71 bits per heavy atom. The molecule has 0 amide bonds. The second-order valence-electron chi connectivity index (χ2n) is 6.45. The maximum atomic E-state index is 6.03. The Kier molecular flexibility index (Phi) is 14.4. The quantitative estimate of drug-likeness (QED) is 0.430. The first-order chi connectivity index (χ1) is 12.6. The molecule has 0 radical (unpaired) electrons. The van der Waals surface area contributed by atoms with Crippen molar-refractivity contribution in [2.24, 2.45) is 0 Å². The van der Waals surface area contributed by atoms with Crippen molar-refractivity contribution in [2.75, 3.05) is 33.8 Å². The first-order valence-corrected chi connectivity index (χ1v) is 9.86. The highest BCUT2D eigenvalue weighted by molar-refractivity contribution is 9.10. The summed E-state index contributed by atoms with van der Waals surface area (Å²) in [4.78, 5) is 2.20. The molecule has 7 heteroatoms. The van der Waals surface area contributed by atoms with Crippen LogP contribution in [0.5, 0.6) is 11.5 Å². The third-order valence-electron chi connectivity index (χ3n) is 3.88. The van der Waals surface area contributed by atoms with Gasteiger partial charge in [0.1, 0.15) is 6.61 Å². The first-order valence-electron chi connectivity index (χ1n) is 9.07. The van der Waals surface area contributed by atoms with Crippen LogP contribution in [0.3, 0.4) is 0 Å². The summed E-state index contributed by atoms with van der Waals surface area (Å²) < 4.78 is 12.8. The van der Waals surface area contributed by atoms with Crippen LogP contribution in [-0.4, -0.2) is 38.7 Å². The molecular formula is C21H31BrCl2N2O2. The summed E-state index contributed by atoms with van der Waals surface area (Å²) in [6, 6.07) is 14.3. The van der Waals surface area contributed by atoms with Crippen molar-refractivity contribution in [3.63, 3.8) is 0 Å². The molecular weight excluding hydrogens is 463 g/mol. The molecule has 2 aromatic carbocycles. The third kappa shape index (κ3) is 9.48. The van der Waals surface area contributed by atoms with E-state index < -0.39 is 0 Å². The normalized spacial score (nSPS) is 10.2. The van der Waals surface area contributed by atoms with Crippen molar-refractivity contribution in [3.05, 3.63) is 58.1 Å². The molecule has 1 N–H and O–H groups in total. The molecule has 0 spiro atoms. The Bertz CT molecular complexity index is 673. The molecule has 2 rings (SSSR count). The summed E-state index contributed by atoms with van der Waals surface area (Å²) in [6.07, 6.45) is 1.13. The minimum absolute atomic E-state index is 0. The zero-order valence-electron chi connectivity index (χ0n) is 16.7. The fourth-order valence-electron chi connectivity index (χ4n) is 2.61. The van der Waals surface area contributed by atoms with Gasteiger partial charge in [0.2, 0.25) is 0 Å². The van der Waals surface area contributed by atoms with Crippen LogP contribution in [0.4, 0.5) is 0 Å². The van der Waals surface area contributed by atoms with Gasteiger partial charge in [0.05, 0.1) is 11.1 Å². The van der Waals surface area contributed by atoms with Crippen LogP contribution in [-0.2, 0) is 13.2 Å². The van der Waals surface area contributed by atoms with Gasteiger partial charge < -0.3 is 19.7 Å². The van der Waals surface area contributed by atoms with Crippen LogP contribution >= 0.6 is 40.7 Å². The minimum atomic E-state index is 0. The van der Waals surface area contributed by atoms with Crippen LogP contribution in [0.1, 0.15) is 24.5 Å². The number of hydrogen-bond acceptors (Lipinski definition) is 4. The number of benzene rings is 2. The summed E-state index contributed by atoms with van der Waals surface area (Å²) in [5.74, 6) is 1.54. The topological polar surface area (TPSA) is 33.7 Å². The number of nitrogens with one attached hydrogen (secondary N) is 1. The average Bonchev–Trinajstić information content (AvgIpc) is 2.61. The van der Waals surface area contributed by atoms with Gasteiger partial charge in [-0.2, -0.15) is 0 Å². The summed E-state index contributed by atoms with van der Waals surface area (Å²) in [7, 11) is 4.19. The van der Waals surface area contributed by atoms with Gasteiger partial charge in [0, 0.05) is 6.54 Å². The van der Waals surface area contributed by atoms with E-state index in [1.807, 2.05) is 25.1 Å². The van der Waals surface area contributed by atoms with Crippen molar-refractivity contribution >= 4 is 40.7 Å². The predicted molar refractivity (Wildman–Crippen MR) is 125 cm³/mol. The lowest BCUT2D eigenvalue weighted by molar-refractivity contribution is 0.267. The minimum Gasteiger partial charge on any atom is -0.490 e. The Balaban J connectivity index is 0.00000364. The summed E-state index contributed by atoms with van der Waals surface area (Å²) in [5.41, 5.74) is 2.31. The van der Waals surface area contributed by atoms with Crippen molar-refractivity contribution in [2.45, 2.75) is 26.5 Å². The number of rotatable bonds is 11. The molecule has 0 bridgehead atoms. The molecule has 0 aromatic heterocycles. The van der Waals surface area contributed by atoms with E-state index in [9.17, 15) is 0 Å². The predicted octanol–water partition coefficient (Wildman–Crippen LogP) is 5.31. The van der Waals surface area contributed by atoms with Crippen LogP contribution in [0.15, 0.2) is 46.9 Å². The van der Waals surface area contributed by atoms with E-state index in [-0.39, 0.29) is 24.8 Å². The van der Waals surface area contributed by atoms with Crippen LogP contribution in [0.25, 0.3) is 0 Å². The average molecular weight is 494 g/mol. The maximum absolute atomic E-state index is 6.03. The number of ether oxygens (including phenoxy) is 2. The molecule has 158 valence electrons. The Morgan fingerprint density at radius 3 is 2.36 bits per heavy atom. The van der Waals surface area contributed by atoms with Crippen molar-refractivity contribution < 1.29 is 9.47 Å². The number of nitrogens with zero attached hydrogens (tertiary/aromatic N) is 1. The second-order valence-corrected chi connectivity index (χ2v) is 7.30. The zero-order valence-corrected chi connectivity index (χ0v) is 20.0. The van der Waals surface area contributed by atoms with Gasteiger partial charge >= 0.3 is 0 Å². The smallest absolute Gasteiger partial charge is 0.175 e. The van der Waals surface area contributed by atoms with Gasteiger partial charge in [-0.3, -0.25) is 0 Å². The van der Waals surface area contributed by atoms with Gasteiger partial charge in [-0.15, -0.1) is 24.8 Å². The highest BCUT2D eigenvalue weighted by Crippen LogP contribution is 2.37. The van der Waals surface area contributed by atoms with Crippen molar-refractivity contribution in [3.8, 4) is 11.5 Å². The lowest BCUT2D eigenvalue weighted by Crippen LogP contribution is -2.21. The molecule has 0 saturated heterocycles. The van der Waals surface area contributed by atoms with Gasteiger partial charge in [-0.25, -0.2) is 0 Å². The molecule has 0 aliphatic rings. The second kappa shape index (κ2) is 14.9. The number of halogens is 3. The van der Waals surface area contributed by atoms with Crippen molar-refractivity contribution in [1.82, 2.24) is 10.2 Å². The van der Waals surface area contributed by atoms with Crippen LogP contribution in [0.2, 0.25) is 0 Å². The molecule has 2 aromatic rings. The summed E-state index contributed by atoms with van der Waals surface area (Å²) in [5, 5.41) is 3.49. The van der Waals surface area contributed by atoms with E-state index in [0.717, 1.165) is 47.6 Å². The fourth-order valence-corrected chi connectivity index (χ4v) is 3.21. The number of hydrogen-bond donors (Lipinski definition) is 1. The summed E-state index contributed by atoms with van der Waals surface area (Å²) >= 11 is 3.64. The van der Waals surface area contributed by atoms with Crippen molar-refractivity contribution in [1.29, 1.82) is 0 Å². The molecule has 0 saturated carbocycles. The van der Waals surface area contributed by atoms with E-state index in [4.69, 9.17) is 9.47 Å².